The lowest BCUT2D eigenvalue weighted by atomic mass is 9.84. The summed E-state index contributed by atoms with van der Waals surface area (Å²) in [5.74, 6) is 0.137. The van der Waals surface area contributed by atoms with E-state index in [4.69, 9.17) is 32.4 Å². The summed E-state index contributed by atoms with van der Waals surface area (Å²) in [6.45, 7) is 7.54. The van der Waals surface area contributed by atoms with Crippen molar-refractivity contribution in [3.05, 3.63) is 21.9 Å². The fourth-order valence-corrected chi connectivity index (χ4v) is 4.51. The third-order valence-electron chi connectivity index (χ3n) is 4.43. The van der Waals surface area contributed by atoms with E-state index in [9.17, 15) is 15.3 Å². The van der Waals surface area contributed by atoms with Crippen molar-refractivity contribution < 1.29 is 14.0 Å². The highest BCUT2D eigenvalue weighted by molar-refractivity contribution is 6.70. The molecule has 0 amide bonds. The van der Waals surface area contributed by atoms with Crippen LogP contribution in [-0.4, -0.2) is 31.2 Å². The lowest BCUT2D eigenvalue weighted by molar-refractivity contribution is -0.152. The van der Waals surface area contributed by atoms with Gasteiger partial charge in [-0.25, -0.2) is 0 Å². The van der Waals surface area contributed by atoms with Crippen molar-refractivity contribution in [1.82, 2.24) is 0 Å². The van der Waals surface area contributed by atoms with Gasteiger partial charge in [0.1, 0.15) is 34.5 Å². The third kappa shape index (κ3) is 4.15. The van der Waals surface area contributed by atoms with Crippen molar-refractivity contribution in [1.29, 1.82) is 10.5 Å². The summed E-state index contributed by atoms with van der Waals surface area (Å²) in [7, 11) is -2.10. The molecule has 0 heterocycles. The first-order chi connectivity index (χ1) is 12.0. The van der Waals surface area contributed by atoms with Gasteiger partial charge >= 0.3 is 0 Å². The summed E-state index contributed by atoms with van der Waals surface area (Å²) < 4.78 is 12.0. The smallest absolute Gasteiger partial charge is 0.242 e. The summed E-state index contributed by atoms with van der Waals surface area (Å²) in [5.41, 5.74) is -0.939. The summed E-state index contributed by atoms with van der Waals surface area (Å²) in [5, 5.41) is 18.5. The molecule has 2 aliphatic rings. The zero-order valence-corrected chi connectivity index (χ0v) is 17.9. The molecule has 0 bridgehead atoms. The van der Waals surface area contributed by atoms with E-state index in [0.717, 1.165) is 12.8 Å². The molecule has 0 aromatic heterocycles. The normalized spacial score (nSPS) is 30.1. The van der Waals surface area contributed by atoms with Crippen molar-refractivity contribution in [2.24, 2.45) is 0 Å². The summed E-state index contributed by atoms with van der Waals surface area (Å²) in [4.78, 5) is 12.4. The van der Waals surface area contributed by atoms with E-state index in [-0.39, 0.29) is 27.7 Å². The van der Waals surface area contributed by atoms with E-state index in [0.29, 0.717) is 12.8 Å². The van der Waals surface area contributed by atoms with Gasteiger partial charge in [-0.05, 0) is 45.8 Å². The quantitative estimate of drug-likeness (QED) is 0.499. The molecule has 0 N–H and O–H groups in total. The number of carbonyl (C=O) groups excluding carboxylic acids is 1. The van der Waals surface area contributed by atoms with E-state index in [1.165, 1.54) is 0 Å². The van der Waals surface area contributed by atoms with Crippen LogP contribution in [0.2, 0.25) is 19.6 Å². The van der Waals surface area contributed by atoms with E-state index in [1.54, 1.807) is 6.92 Å². The van der Waals surface area contributed by atoms with E-state index < -0.39 is 25.4 Å². The Hall–Kier alpha value is -1.31. The number of Topliss-reactive ketones (excluding diaryl/α,β-unsaturated/α-hetero) is 1. The summed E-state index contributed by atoms with van der Waals surface area (Å²) in [6, 6.07) is 4.03. The Bertz CT molecular complexity index is 758. The topological polar surface area (TPSA) is 83.1 Å². The maximum Gasteiger partial charge on any atom is 0.242 e. The van der Waals surface area contributed by atoms with Crippen LogP contribution in [0.25, 0.3) is 0 Å². The maximum atomic E-state index is 12.4. The molecule has 3 atom stereocenters. The van der Waals surface area contributed by atoms with Crippen molar-refractivity contribution in [2.45, 2.75) is 69.3 Å². The van der Waals surface area contributed by atoms with Crippen LogP contribution in [0.5, 0.6) is 0 Å². The number of alkyl halides is 1. The van der Waals surface area contributed by atoms with E-state index in [2.05, 4.69) is 0 Å². The molecule has 5 nitrogen and oxygen atoms in total. The zero-order chi connectivity index (χ0) is 19.7. The van der Waals surface area contributed by atoms with Crippen LogP contribution in [0.1, 0.15) is 32.6 Å². The Morgan fingerprint density at radius 1 is 1.23 bits per heavy atom. The average molecular weight is 413 g/mol. The molecule has 0 saturated heterocycles. The molecule has 2 aliphatic carbocycles. The minimum atomic E-state index is -2.10. The highest BCUT2D eigenvalue weighted by atomic mass is 35.5. The van der Waals surface area contributed by atoms with Crippen molar-refractivity contribution in [2.75, 3.05) is 0 Å². The Balaban J connectivity index is 2.47. The van der Waals surface area contributed by atoms with Crippen molar-refractivity contribution >= 4 is 37.3 Å². The van der Waals surface area contributed by atoms with Crippen molar-refractivity contribution in [3.63, 3.8) is 0 Å². The molecular weight excluding hydrogens is 391 g/mol. The lowest BCUT2D eigenvalue weighted by Gasteiger charge is -2.39. The van der Waals surface area contributed by atoms with Crippen LogP contribution in [0.3, 0.4) is 0 Å². The first-order valence-electron chi connectivity index (χ1n) is 8.52. The number of nitriles is 2. The predicted molar refractivity (Wildman–Crippen MR) is 102 cm³/mol. The van der Waals surface area contributed by atoms with Gasteiger partial charge in [0.15, 0.2) is 5.78 Å². The van der Waals surface area contributed by atoms with Crippen LogP contribution in [0.4, 0.5) is 0 Å². The maximum absolute atomic E-state index is 12.4. The summed E-state index contributed by atoms with van der Waals surface area (Å²) in [6.07, 6.45) is 1.69. The number of allylic oxidation sites excluding steroid dienone is 1. The number of hydrogen-bond acceptors (Lipinski definition) is 5. The molecule has 0 aromatic rings. The number of nitrogens with zero attached hydrogens (tertiary/aromatic N) is 2. The van der Waals surface area contributed by atoms with Crippen LogP contribution >= 0.6 is 23.2 Å². The SMILES string of the molecule is CC1(OC2C(C#N)=C(C#N)C(O[Si](C)(C)C)=C(Cl)C2Cl)CCCCC1=O. The van der Waals surface area contributed by atoms with Gasteiger partial charge in [-0.3, -0.25) is 4.79 Å². The number of hydrogen-bond donors (Lipinski definition) is 0. The second-order valence-corrected chi connectivity index (χ2v) is 13.0. The monoisotopic (exact) mass is 412 g/mol. The zero-order valence-electron chi connectivity index (χ0n) is 15.4. The molecule has 1 saturated carbocycles. The molecule has 3 unspecified atom stereocenters. The number of ketones is 1. The molecule has 1 fully saturated rings. The molecule has 0 radical (unpaired) electrons. The molecule has 0 spiro atoms. The first kappa shape index (κ1) is 21.0. The Kier molecular flexibility index (Phi) is 6.25. The van der Waals surface area contributed by atoms with E-state index >= 15 is 0 Å². The first-order valence-corrected chi connectivity index (χ1v) is 12.7. The standard InChI is InChI=1S/C18H22Cl2N2O3Si/c1-18(8-6-5-7-13(18)23)24-16-11(9-21)12(10-22)17(15(20)14(16)19)25-26(2,3)4/h14,16H,5-8H2,1-4H3. The molecule has 0 aliphatic heterocycles. The fraction of sp³-hybridized carbons (Fsp3) is 0.611. The fourth-order valence-electron chi connectivity index (χ4n) is 3.10. The van der Waals surface area contributed by atoms with Crippen molar-refractivity contribution in [3.8, 4) is 12.1 Å². The van der Waals surface area contributed by atoms with Crippen LogP contribution in [-0.2, 0) is 14.0 Å². The molecule has 26 heavy (non-hydrogen) atoms. The van der Waals surface area contributed by atoms with E-state index in [1.807, 2.05) is 31.8 Å². The Labute approximate surface area is 165 Å². The minimum Gasteiger partial charge on any atom is -0.543 e. The van der Waals surface area contributed by atoms with Crippen LogP contribution in [0, 0.1) is 22.7 Å². The Morgan fingerprint density at radius 2 is 1.88 bits per heavy atom. The number of carbonyl (C=O) groups is 1. The summed E-state index contributed by atoms with van der Waals surface area (Å²) >= 11 is 12.9. The number of ether oxygens (including phenoxy) is 1. The average Bonchev–Trinajstić information content (AvgIpc) is 2.56. The lowest BCUT2D eigenvalue weighted by Crippen LogP contribution is -2.47. The van der Waals surface area contributed by atoms with Gasteiger partial charge < -0.3 is 9.16 Å². The van der Waals surface area contributed by atoms with Gasteiger partial charge in [-0.15, -0.1) is 11.6 Å². The Morgan fingerprint density at radius 3 is 2.38 bits per heavy atom. The largest absolute Gasteiger partial charge is 0.543 e. The van der Waals surface area contributed by atoms with Crippen LogP contribution < -0.4 is 0 Å². The number of rotatable bonds is 4. The molecule has 140 valence electrons. The van der Waals surface area contributed by atoms with Gasteiger partial charge in [-0.1, -0.05) is 11.6 Å². The number of halogens is 2. The third-order valence-corrected chi connectivity index (χ3v) is 6.21. The van der Waals surface area contributed by atoms with Gasteiger partial charge in [0.05, 0.1) is 16.7 Å². The minimum absolute atomic E-state index is 0.0207. The van der Waals surface area contributed by atoms with Gasteiger partial charge in [0, 0.05) is 6.42 Å². The molecule has 2 rings (SSSR count). The second kappa shape index (κ2) is 7.74. The van der Waals surface area contributed by atoms with Gasteiger partial charge in [0.25, 0.3) is 0 Å². The van der Waals surface area contributed by atoms with Crippen LogP contribution in [0.15, 0.2) is 21.9 Å². The highest BCUT2D eigenvalue weighted by Crippen LogP contribution is 2.42. The second-order valence-electron chi connectivity index (χ2n) is 7.71. The predicted octanol–water partition coefficient (Wildman–Crippen LogP) is 4.54. The molecular formula is C18H22Cl2N2O3Si. The van der Waals surface area contributed by atoms with Gasteiger partial charge in [0.2, 0.25) is 8.32 Å². The molecule has 0 aromatic carbocycles. The molecule has 8 heteroatoms. The van der Waals surface area contributed by atoms with Gasteiger partial charge in [-0.2, -0.15) is 10.5 Å². The highest BCUT2D eigenvalue weighted by Gasteiger charge is 2.45.